The van der Waals surface area contributed by atoms with Gasteiger partial charge in [0, 0.05) is 33.6 Å². The smallest absolute Gasteiger partial charge is 0.455 e. The first-order valence-corrected chi connectivity index (χ1v) is 12.1. The molecule has 4 rings (SSSR count). The summed E-state index contributed by atoms with van der Waals surface area (Å²) in [5.41, 5.74) is 5.37. The third kappa shape index (κ3) is 5.91. The number of aromatic nitrogens is 1. The van der Waals surface area contributed by atoms with Crippen LogP contribution in [0.1, 0.15) is 23.7 Å². The standard InChI is InChI=1S/C27H21Cl2F3N2O5/c1-15-24(38-19-6-4-18(28)5-7-19)21-9-8-20(39-27(30,31)32)12-23(21)34(15)13-16-11-17(3-10-22(16)29)26(2,25(33)36)37-14-35/h3-12,14H,13H2,1-2H3,(H2,33,36)/t26-/m1/s1. The van der Waals surface area contributed by atoms with Gasteiger partial charge in [0.1, 0.15) is 11.5 Å². The minimum absolute atomic E-state index is 0.0460. The topological polar surface area (TPSA) is 92.8 Å². The number of hydrogen-bond donors (Lipinski definition) is 1. The highest BCUT2D eigenvalue weighted by molar-refractivity contribution is 6.31. The molecule has 0 radical (unpaired) electrons. The predicted octanol–water partition coefficient (Wildman–Crippen LogP) is 6.87. The molecule has 0 fully saturated rings. The summed E-state index contributed by atoms with van der Waals surface area (Å²) in [5.74, 6) is -0.477. The Kier molecular flexibility index (Phi) is 7.72. The maximum Gasteiger partial charge on any atom is 0.573 e. The third-order valence-corrected chi connectivity index (χ3v) is 6.80. The lowest BCUT2D eigenvalue weighted by atomic mass is 9.93. The van der Waals surface area contributed by atoms with Crippen molar-refractivity contribution >= 4 is 46.5 Å². The van der Waals surface area contributed by atoms with Crippen molar-refractivity contribution in [1.82, 2.24) is 4.57 Å². The molecule has 0 saturated carbocycles. The number of carbonyl (C=O) groups excluding carboxylic acids is 2. The van der Waals surface area contributed by atoms with Crippen molar-refractivity contribution in [1.29, 1.82) is 0 Å². The zero-order valence-electron chi connectivity index (χ0n) is 20.5. The molecule has 4 aromatic rings. The molecular weight excluding hydrogens is 560 g/mol. The molecule has 3 aromatic carbocycles. The second-order valence-corrected chi connectivity index (χ2v) is 9.54. The Hall–Kier alpha value is -3.89. The van der Waals surface area contributed by atoms with Crippen LogP contribution in [0, 0.1) is 6.92 Å². The summed E-state index contributed by atoms with van der Waals surface area (Å²) in [7, 11) is 0. The summed E-state index contributed by atoms with van der Waals surface area (Å²) < 4.78 is 55.9. The molecular formula is C27H21Cl2F3N2O5. The fourth-order valence-electron chi connectivity index (χ4n) is 4.10. The lowest BCUT2D eigenvalue weighted by Crippen LogP contribution is -2.40. The summed E-state index contributed by atoms with van der Waals surface area (Å²) in [5, 5.41) is 1.31. The lowest BCUT2D eigenvalue weighted by molar-refractivity contribution is -0.274. The number of hydrogen-bond acceptors (Lipinski definition) is 5. The summed E-state index contributed by atoms with van der Waals surface area (Å²) in [6, 6.07) is 15.0. The number of primary amides is 1. The zero-order chi connectivity index (χ0) is 28.5. The predicted molar refractivity (Wildman–Crippen MR) is 139 cm³/mol. The van der Waals surface area contributed by atoms with Gasteiger partial charge in [-0.05, 0) is 67.9 Å². The molecule has 1 amide bonds. The van der Waals surface area contributed by atoms with Gasteiger partial charge in [-0.3, -0.25) is 9.59 Å². The molecule has 0 saturated heterocycles. The number of alkyl halides is 3. The summed E-state index contributed by atoms with van der Waals surface area (Å²) in [6.45, 7) is 3.23. The average molecular weight is 581 g/mol. The average Bonchev–Trinajstić information content (AvgIpc) is 3.10. The molecule has 1 atom stereocenters. The van der Waals surface area contributed by atoms with Crippen molar-refractivity contribution < 1.29 is 37.0 Å². The Bertz CT molecular complexity index is 1550. The number of ether oxygens (including phenoxy) is 3. The lowest BCUT2D eigenvalue weighted by Gasteiger charge is -2.25. The van der Waals surface area contributed by atoms with Crippen LogP contribution in [-0.4, -0.2) is 23.3 Å². The van der Waals surface area contributed by atoms with E-state index in [1.54, 1.807) is 35.8 Å². The first-order chi connectivity index (χ1) is 18.3. The highest BCUT2D eigenvalue weighted by Crippen LogP contribution is 2.40. The second kappa shape index (κ2) is 10.7. The van der Waals surface area contributed by atoms with E-state index in [0.29, 0.717) is 43.7 Å². The number of amides is 1. The molecule has 1 heterocycles. The van der Waals surface area contributed by atoms with E-state index in [1.807, 2.05) is 0 Å². The van der Waals surface area contributed by atoms with Gasteiger partial charge in [-0.15, -0.1) is 13.2 Å². The van der Waals surface area contributed by atoms with E-state index in [9.17, 15) is 22.8 Å². The number of benzene rings is 3. The molecule has 0 bridgehead atoms. The third-order valence-electron chi connectivity index (χ3n) is 6.18. The molecule has 1 aromatic heterocycles. The van der Waals surface area contributed by atoms with Crippen LogP contribution in [0.15, 0.2) is 60.7 Å². The van der Waals surface area contributed by atoms with Crippen LogP contribution in [0.4, 0.5) is 13.2 Å². The molecule has 7 nitrogen and oxygen atoms in total. The number of carbonyl (C=O) groups is 2. The van der Waals surface area contributed by atoms with Gasteiger partial charge in [-0.2, -0.15) is 0 Å². The maximum atomic E-state index is 13.0. The van der Waals surface area contributed by atoms with Gasteiger partial charge >= 0.3 is 6.36 Å². The summed E-state index contributed by atoms with van der Waals surface area (Å²) in [4.78, 5) is 23.2. The van der Waals surface area contributed by atoms with Crippen LogP contribution in [0.25, 0.3) is 10.9 Å². The van der Waals surface area contributed by atoms with Crippen LogP contribution >= 0.6 is 23.2 Å². The van der Waals surface area contributed by atoms with Gasteiger partial charge in [-0.25, -0.2) is 0 Å². The Morgan fingerprint density at radius 2 is 1.69 bits per heavy atom. The largest absolute Gasteiger partial charge is 0.573 e. The van der Waals surface area contributed by atoms with Gasteiger partial charge in [-0.1, -0.05) is 29.3 Å². The van der Waals surface area contributed by atoms with Gasteiger partial charge < -0.3 is 24.5 Å². The van der Waals surface area contributed by atoms with Crippen LogP contribution in [0.5, 0.6) is 17.2 Å². The van der Waals surface area contributed by atoms with Gasteiger partial charge in [0.05, 0.1) is 11.2 Å². The van der Waals surface area contributed by atoms with Crippen LogP contribution in [0.2, 0.25) is 10.0 Å². The maximum absolute atomic E-state index is 13.0. The van der Waals surface area contributed by atoms with Crippen molar-refractivity contribution in [2.45, 2.75) is 32.4 Å². The van der Waals surface area contributed by atoms with E-state index in [1.165, 1.54) is 43.3 Å². The Morgan fingerprint density at radius 3 is 2.31 bits per heavy atom. The van der Waals surface area contributed by atoms with Crippen LogP contribution in [-0.2, 0) is 26.5 Å². The highest BCUT2D eigenvalue weighted by Gasteiger charge is 2.36. The van der Waals surface area contributed by atoms with E-state index in [0.717, 1.165) is 0 Å². The molecule has 12 heteroatoms. The van der Waals surface area contributed by atoms with Crippen LogP contribution in [0.3, 0.4) is 0 Å². The fourth-order valence-corrected chi connectivity index (χ4v) is 4.41. The first-order valence-electron chi connectivity index (χ1n) is 11.3. The SMILES string of the molecule is Cc1c(Oc2ccc(Cl)cc2)c2ccc(OC(F)(F)F)cc2n1Cc1cc([C@@](C)(OC=O)C(N)=O)ccc1Cl. The molecule has 0 aliphatic carbocycles. The number of fused-ring (bicyclic) bond motifs is 1. The number of nitrogens with two attached hydrogens (primary N) is 1. The molecule has 2 N–H and O–H groups in total. The van der Waals surface area contributed by atoms with E-state index in [4.69, 9.17) is 38.4 Å². The van der Waals surface area contributed by atoms with Gasteiger partial charge in [0.2, 0.25) is 5.60 Å². The minimum atomic E-state index is -4.89. The summed E-state index contributed by atoms with van der Waals surface area (Å²) in [6.07, 6.45) is -4.89. The first kappa shape index (κ1) is 28.1. The highest BCUT2D eigenvalue weighted by atomic mass is 35.5. The molecule has 0 spiro atoms. The molecule has 39 heavy (non-hydrogen) atoms. The van der Waals surface area contributed by atoms with Crippen molar-refractivity contribution in [3.05, 3.63) is 87.5 Å². The van der Waals surface area contributed by atoms with Crippen molar-refractivity contribution in [2.24, 2.45) is 5.73 Å². The van der Waals surface area contributed by atoms with Crippen molar-refractivity contribution in [3.8, 4) is 17.2 Å². The minimum Gasteiger partial charge on any atom is -0.455 e. The fraction of sp³-hybridized carbons (Fsp3) is 0.185. The van der Waals surface area contributed by atoms with Gasteiger partial charge in [0.15, 0.2) is 5.75 Å². The molecule has 204 valence electrons. The number of nitrogens with zero attached hydrogens (tertiary/aromatic N) is 1. The Labute approximate surface area is 230 Å². The normalized spacial score (nSPS) is 13.1. The van der Waals surface area contributed by atoms with E-state index >= 15 is 0 Å². The van der Waals surface area contributed by atoms with Gasteiger partial charge in [0.25, 0.3) is 12.4 Å². The van der Waals surface area contributed by atoms with Crippen molar-refractivity contribution in [3.63, 3.8) is 0 Å². The summed E-state index contributed by atoms with van der Waals surface area (Å²) >= 11 is 12.4. The molecule has 0 aliphatic heterocycles. The second-order valence-electron chi connectivity index (χ2n) is 8.70. The van der Waals surface area contributed by atoms with Crippen molar-refractivity contribution in [2.75, 3.05) is 0 Å². The van der Waals surface area contributed by atoms with E-state index in [-0.39, 0.29) is 18.6 Å². The zero-order valence-corrected chi connectivity index (χ0v) is 22.0. The number of halogens is 5. The van der Waals surface area contributed by atoms with E-state index < -0.39 is 23.6 Å². The number of rotatable bonds is 9. The molecule has 0 aliphatic rings. The monoisotopic (exact) mass is 580 g/mol. The Morgan fingerprint density at radius 1 is 1.03 bits per heavy atom. The quantitative estimate of drug-likeness (QED) is 0.218. The molecule has 0 unspecified atom stereocenters. The van der Waals surface area contributed by atoms with Crippen LogP contribution < -0.4 is 15.2 Å². The Balaban J connectivity index is 1.86. The van der Waals surface area contributed by atoms with E-state index in [2.05, 4.69) is 4.74 Å².